The molecule has 0 aliphatic carbocycles. The van der Waals surface area contributed by atoms with Gasteiger partial charge in [-0.1, -0.05) is 6.07 Å². The molecule has 0 saturated carbocycles. The summed E-state index contributed by atoms with van der Waals surface area (Å²) in [5, 5.41) is 6.56. The molecule has 5 nitrogen and oxygen atoms in total. The summed E-state index contributed by atoms with van der Waals surface area (Å²) in [6, 6.07) is 5.76. The molecule has 3 rings (SSSR count). The third-order valence-corrected chi connectivity index (χ3v) is 2.79. The van der Waals surface area contributed by atoms with Gasteiger partial charge in [0.1, 0.15) is 18.0 Å². The molecular weight excluding hydrogens is 214 g/mol. The molecule has 86 valence electrons. The van der Waals surface area contributed by atoms with Crippen LogP contribution in [0.2, 0.25) is 0 Å². The normalized spacial score (nSPS) is 14.1. The monoisotopic (exact) mass is 227 g/mol. The van der Waals surface area contributed by atoms with Gasteiger partial charge in [0.2, 0.25) is 0 Å². The third kappa shape index (κ3) is 2.09. The minimum absolute atomic E-state index is 0.805. The summed E-state index contributed by atoms with van der Waals surface area (Å²) in [5.74, 6) is 1.65. The molecule has 0 unspecified atom stereocenters. The van der Waals surface area contributed by atoms with Gasteiger partial charge in [-0.05, 0) is 12.1 Å². The molecule has 0 amide bonds. The Hall–Kier alpha value is -2.01. The van der Waals surface area contributed by atoms with E-state index < -0.39 is 0 Å². The van der Waals surface area contributed by atoms with Crippen LogP contribution in [0, 0.1) is 0 Å². The number of fused-ring (bicyclic) bond motifs is 1. The van der Waals surface area contributed by atoms with E-state index in [-0.39, 0.29) is 0 Å². The van der Waals surface area contributed by atoms with Crippen LogP contribution in [0.15, 0.2) is 30.7 Å². The van der Waals surface area contributed by atoms with E-state index in [0.29, 0.717) is 0 Å². The first kappa shape index (κ1) is 10.2. The first-order valence-corrected chi connectivity index (χ1v) is 5.65. The van der Waals surface area contributed by atoms with Crippen molar-refractivity contribution in [2.24, 2.45) is 0 Å². The van der Waals surface area contributed by atoms with Crippen LogP contribution in [0.1, 0.15) is 11.3 Å². The molecule has 3 heterocycles. The summed E-state index contributed by atoms with van der Waals surface area (Å²) < 4.78 is 0. The van der Waals surface area contributed by atoms with Crippen LogP contribution in [0.3, 0.4) is 0 Å². The van der Waals surface area contributed by atoms with Crippen LogP contribution < -0.4 is 10.6 Å². The quantitative estimate of drug-likeness (QED) is 0.808. The lowest BCUT2D eigenvalue weighted by Gasteiger charge is -2.18. The first-order chi connectivity index (χ1) is 8.43. The van der Waals surface area contributed by atoms with Crippen LogP contribution in [-0.2, 0) is 13.0 Å². The van der Waals surface area contributed by atoms with Gasteiger partial charge in [0.05, 0.1) is 5.69 Å². The van der Waals surface area contributed by atoms with Gasteiger partial charge in [-0.3, -0.25) is 0 Å². The molecule has 0 aromatic carbocycles. The Balaban J connectivity index is 1.93. The van der Waals surface area contributed by atoms with E-state index in [4.69, 9.17) is 0 Å². The zero-order valence-electron chi connectivity index (χ0n) is 9.35. The molecule has 1 aliphatic heterocycles. The second-order valence-electron chi connectivity index (χ2n) is 3.91. The molecule has 0 saturated heterocycles. The van der Waals surface area contributed by atoms with Gasteiger partial charge in [0, 0.05) is 31.3 Å². The summed E-state index contributed by atoms with van der Waals surface area (Å²) >= 11 is 0. The fourth-order valence-electron chi connectivity index (χ4n) is 1.94. The molecule has 2 aromatic heterocycles. The predicted molar refractivity (Wildman–Crippen MR) is 65.0 cm³/mol. The Morgan fingerprint density at radius 3 is 3.06 bits per heavy atom. The molecule has 2 aromatic rings. The summed E-state index contributed by atoms with van der Waals surface area (Å²) in [7, 11) is 0. The highest BCUT2D eigenvalue weighted by Crippen LogP contribution is 2.21. The number of aromatic nitrogens is 3. The predicted octanol–water partition coefficient (Wildman–Crippen LogP) is 1.26. The highest BCUT2D eigenvalue weighted by Gasteiger charge is 2.14. The van der Waals surface area contributed by atoms with Crippen molar-refractivity contribution in [1.29, 1.82) is 0 Å². The van der Waals surface area contributed by atoms with E-state index in [1.807, 2.05) is 18.2 Å². The van der Waals surface area contributed by atoms with Crippen LogP contribution in [0.4, 0.5) is 11.6 Å². The molecule has 17 heavy (non-hydrogen) atoms. The SMILES string of the molecule is c1ccc(Nc2ncnc3c2CNCC3)nc1. The molecule has 5 heteroatoms. The number of hydrogen-bond acceptors (Lipinski definition) is 5. The highest BCUT2D eigenvalue weighted by atomic mass is 15.1. The number of anilines is 2. The van der Waals surface area contributed by atoms with E-state index in [2.05, 4.69) is 25.6 Å². The van der Waals surface area contributed by atoms with Crippen LogP contribution in [0.5, 0.6) is 0 Å². The molecule has 1 aliphatic rings. The lowest BCUT2D eigenvalue weighted by Crippen LogP contribution is -2.25. The average Bonchev–Trinajstić information content (AvgIpc) is 2.40. The highest BCUT2D eigenvalue weighted by molar-refractivity contribution is 5.56. The number of nitrogens with zero attached hydrogens (tertiary/aromatic N) is 3. The van der Waals surface area contributed by atoms with E-state index in [1.54, 1.807) is 12.5 Å². The van der Waals surface area contributed by atoms with Crippen molar-refractivity contribution < 1.29 is 0 Å². The van der Waals surface area contributed by atoms with Gasteiger partial charge in [-0.25, -0.2) is 15.0 Å². The smallest absolute Gasteiger partial charge is 0.139 e. The second kappa shape index (κ2) is 4.47. The molecule has 0 spiro atoms. The Bertz CT molecular complexity index is 512. The summed E-state index contributed by atoms with van der Waals surface area (Å²) in [6.45, 7) is 1.79. The lowest BCUT2D eigenvalue weighted by atomic mass is 10.1. The van der Waals surface area contributed by atoms with Crippen molar-refractivity contribution in [1.82, 2.24) is 20.3 Å². The molecule has 0 bridgehead atoms. The average molecular weight is 227 g/mol. The van der Waals surface area contributed by atoms with Crippen molar-refractivity contribution in [2.45, 2.75) is 13.0 Å². The molecule has 0 fully saturated rings. The zero-order valence-corrected chi connectivity index (χ0v) is 9.35. The summed E-state index contributed by atoms with van der Waals surface area (Å²) in [4.78, 5) is 12.8. The number of nitrogens with one attached hydrogen (secondary N) is 2. The number of rotatable bonds is 2. The minimum Gasteiger partial charge on any atom is -0.325 e. The van der Waals surface area contributed by atoms with Gasteiger partial charge < -0.3 is 10.6 Å². The van der Waals surface area contributed by atoms with Crippen LogP contribution in [-0.4, -0.2) is 21.5 Å². The zero-order chi connectivity index (χ0) is 11.5. The van der Waals surface area contributed by atoms with Gasteiger partial charge in [-0.15, -0.1) is 0 Å². The van der Waals surface area contributed by atoms with Crippen LogP contribution in [0.25, 0.3) is 0 Å². The van der Waals surface area contributed by atoms with Crippen molar-refractivity contribution >= 4 is 11.6 Å². The van der Waals surface area contributed by atoms with E-state index in [1.165, 1.54) is 0 Å². The Kier molecular flexibility index (Phi) is 2.67. The maximum Gasteiger partial charge on any atom is 0.139 e. The van der Waals surface area contributed by atoms with Crippen molar-refractivity contribution in [3.63, 3.8) is 0 Å². The molecule has 0 atom stereocenters. The Labute approximate surface area is 99.3 Å². The maximum absolute atomic E-state index is 4.31. The summed E-state index contributed by atoms with van der Waals surface area (Å²) in [5.41, 5.74) is 2.27. The second-order valence-corrected chi connectivity index (χ2v) is 3.91. The minimum atomic E-state index is 0.805. The molecular formula is C12H13N5. The number of pyridine rings is 1. The van der Waals surface area contributed by atoms with E-state index >= 15 is 0 Å². The van der Waals surface area contributed by atoms with Gasteiger partial charge >= 0.3 is 0 Å². The largest absolute Gasteiger partial charge is 0.325 e. The Morgan fingerprint density at radius 2 is 2.18 bits per heavy atom. The van der Waals surface area contributed by atoms with Crippen LogP contribution >= 0.6 is 0 Å². The van der Waals surface area contributed by atoms with Crippen molar-refractivity contribution in [3.05, 3.63) is 42.0 Å². The molecule has 2 N–H and O–H groups in total. The van der Waals surface area contributed by atoms with E-state index in [0.717, 1.165) is 42.4 Å². The fraction of sp³-hybridized carbons (Fsp3) is 0.250. The van der Waals surface area contributed by atoms with Crippen molar-refractivity contribution in [3.8, 4) is 0 Å². The number of hydrogen-bond donors (Lipinski definition) is 2. The van der Waals surface area contributed by atoms with Crippen molar-refractivity contribution in [2.75, 3.05) is 11.9 Å². The maximum atomic E-state index is 4.31. The van der Waals surface area contributed by atoms with E-state index in [9.17, 15) is 0 Å². The lowest BCUT2D eigenvalue weighted by molar-refractivity contribution is 0.627. The van der Waals surface area contributed by atoms with Gasteiger partial charge in [0.15, 0.2) is 0 Å². The third-order valence-electron chi connectivity index (χ3n) is 2.79. The topological polar surface area (TPSA) is 62.7 Å². The molecule has 0 radical (unpaired) electrons. The summed E-state index contributed by atoms with van der Waals surface area (Å²) in [6.07, 6.45) is 4.32. The Morgan fingerprint density at radius 1 is 1.18 bits per heavy atom. The van der Waals surface area contributed by atoms with Gasteiger partial charge in [-0.2, -0.15) is 0 Å². The first-order valence-electron chi connectivity index (χ1n) is 5.65. The fourth-order valence-corrected chi connectivity index (χ4v) is 1.94. The van der Waals surface area contributed by atoms with Gasteiger partial charge in [0.25, 0.3) is 0 Å². The standard InChI is InChI=1S/C12H13N5/c1-2-5-14-11(3-1)17-12-9-7-13-6-4-10(9)15-8-16-12/h1-3,5,8,13H,4,6-7H2,(H,14,15,16,17).